The van der Waals surface area contributed by atoms with E-state index in [1.54, 1.807) is 29.2 Å². The third-order valence-electron chi connectivity index (χ3n) is 7.47. The van der Waals surface area contributed by atoms with Gasteiger partial charge in [-0.1, -0.05) is 12.1 Å². The lowest BCUT2D eigenvalue weighted by molar-refractivity contribution is -0.134. The Morgan fingerprint density at radius 1 is 1.15 bits per heavy atom. The largest absolute Gasteiger partial charge is 0.511 e. The van der Waals surface area contributed by atoms with E-state index in [0.29, 0.717) is 5.69 Å². The molecule has 2 saturated carbocycles. The first-order valence-corrected chi connectivity index (χ1v) is 13.7. The molecule has 2 aromatic rings. The molecule has 2 fully saturated rings. The highest BCUT2D eigenvalue weighted by Gasteiger charge is 2.57. The summed E-state index contributed by atoms with van der Waals surface area (Å²) in [5, 5.41) is 14.3. The number of carbonyl (C=O) groups excluding carboxylic acids is 1. The molecule has 0 radical (unpaired) electrons. The van der Waals surface area contributed by atoms with Gasteiger partial charge in [0.1, 0.15) is 22.0 Å². The number of rotatable bonds is 3. The lowest BCUT2D eigenvalue weighted by Gasteiger charge is -2.44. The first kappa shape index (κ1) is 22.0. The van der Waals surface area contributed by atoms with Gasteiger partial charge in [-0.15, -0.1) is 4.40 Å². The second kappa shape index (κ2) is 7.77. The van der Waals surface area contributed by atoms with Crippen molar-refractivity contribution in [2.24, 2.45) is 22.2 Å². The number of carbonyl (C=O) groups is 1. The van der Waals surface area contributed by atoms with Crippen LogP contribution in [0, 0.1) is 27.1 Å². The van der Waals surface area contributed by atoms with Crippen molar-refractivity contribution in [2.45, 2.75) is 36.7 Å². The van der Waals surface area contributed by atoms with Crippen LogP contribution in [0.1, 0.15) is 24.8 Å². The van der Waals surface area contributed by atoms with E-state index in [1.807, 2.05) is 22.6 Å². The van der Waals surface area contributed by atoms with Gasteiger partial charge in [-0.05, 0) is 89.6 Å². The van der Waals surface area contributed by atoms with Gasteiger partial charge >= 0.3 is 0 Å². The Balaban J connectivity index is 1.45. The van der Waals surface area contributed by atoms with Crippen molar-refractivity contribution >= 4 is 50.0 Å². The number of hydrogen-bond acceptors (Lipinski definition) is 5. The molecule has 1 amide bonds. The molecule has 10 heteroatoms. The topological polar surface area (TPSA) is 99.1 Å². The van der Waals surface area contributed by atoms with Gasteiger partial charge in [0.25, 0.3) is 15.9 Å². The summed E-state index contributed by atoms with van der Waals surface area (Å²) in [7, 11) is -4.06. The molecule has 6 rings (SSSR count). The van der Waals surface area contributed by atoms with Gasteiger partial charge in [0, 0.05) is 22.1 Å². The van der Waals surface area contributed by atoms with Crippen LogP contribution in [0.5, 0.6) is 0 Å². The second-order valence-corrected chi connectivity index (χ2v) is 12.2. The molecule has 4 atom stereocenters. The Bertz CT molecular complexity index is 1390. The molecule has 2 N–H and O–H groups in total. The van der Waals surface area contributed by atoms with Crippen LogP contribution in [0.4, 0.5) is 10.1 Å². The molecule has 2 aromatic carbocycles. The lowest BCUT2D eigenvalue weighted by Crippen LogP contribution is -2.53. The van der Waals surface area contributed by atoms with Crippen LogP contribution in [-0.2, 0) is 21.4 Å². The SMILES string of the molecule is O=C1C(C2=NS(=O)(=O)c3cc(I)ccc3N2)=C(O)C2C([C@H]3CC[C@@H]2C3)N1Cc1ccc(F)cc1. The second-order valence-electron chi connectivity index (χ2n) is 9.35. The van der Waals surface area contributed by atoms with E-state index in [-0.39, 0.29) is 58.2 Å². The summed E-state index contributed by atoms with van der Waals surface area (Å²) in [6.07, 6.45) is 2.86. The van der Waals surface area contributed by atoms with E-state index in [2.05, 4.69) is 9.71 Å². The maximum absolute atomic E-state index is 13.8. The number of aliphatic hydroxyl groups excluding tert-OH is 1. The van der Waals surface area contributed by atoms with Gasteiger partial charge in [-0.25, -0.2) is 4.39 Å². The van der Waals surface area contributed by atoms with Crippen LogP contribution >= 0.6 is 22.6 Å². The number of aliphatic hydroxyl groups is 1. The molecule has 2 aliphatic carbocycles. The number of nitrogens with zero attached hydrogens (tertiary/aromatic N) is 2. The highest BCUT2D eigenvalue weighted by molar-refractivity contribution is 14.1. The molecule has 2 heterocycles. The van der Waals surface area contributed by atoms with Crippen molar-refractivity contribution in [3.8, 4) is 0 Å². The van der Waals surface area contributed by atoms with Crippen molar-refractivity contribution in [3.63, 3.8) is 0 Å². The number of sulfonamides is 1. The molecule has 176 valence electrons. The van der Waals surface area contributed by atoms with Crippen molar-refractivity contribution in [3.05, 3.63) is 68.7 Å². The Morgan fingerprint density at radius 3 is 2.65 bits per heavy atom. The normalized spacial score (nSPS) is 28.9. The smallest absolute Gasteiger partial charge is 0.286 e. The van der Waals surface area contributed by atoms with Gasteiger partial charge < -0.3 is 15.3 Å². The number of benzene rings is 2. The number of halogens is 2. The molecule has 2 unspecified atom stereocenters. The average Bonchev–Trinajstić information content (AvgIpc) is 3.40. The number of nitrogens with one attached hydrogen (secondary N) is 1. The number of amides is 1. The lowest BCUT2D eigenvalue weighted by atomic mass is 9.77. The number of anilines is 1. The van der Waals surface area contributed by atoms with Crippen molar-refractivity contribution < 1.29 is 22.7 Å². The van der Waals surface area contributed by atoms with Gasteiger partial charge in [-0.2, -0.15) is 8.42 Å². The fourth-order valence-electron chi connectivity index (χ4n) is 6.08. The average molecular weight is 593 g/mol. The molecule has 0 saturated heterocycles. The van der Waals surface area contributed by atoms with E-state index in [4.69, 9.17) is 0 Å². The van der Waals surface area contributed by atoms with E-state index < -0.39 is 15.9 Å². The van der Waals surface area contributed by atoms with E-state index in [9.17, 15) is 22.7 Å². The van der Waals surface area contributed by atoms with Crippen LogP contribution in [-0.4, -0.2) is 36.2 Å². The predicted molar refractivity (Wildman–Crippen MR) is 132 cm³/mol. The predicted octanol–water partition coefficient (Wildman–Crippen LogP) is 4.21. The zero-order valence-corrected chi connectivity index (χ0v) is 20.9. The van der Waals surface area contributed by atoms with Crippen LogP contribution in [0.25, 0.3) is 0 Å². The molecule has 0 spiro atoms. The molecule has 7 nitrogen and oxygen atoms in total. The van der Waals surface area contributed by atoms with Crippen molar-refractivity contribution in [1.29, 1.82) is 0 Å². The van der Waals surface area contributed by atoms with E-state index in [0.717, 1.165) is 28.4 Å². The zero-order chi connectivity index (χ0) is 23.8. The standard InChI is InChI=1S/C24H21FIN3O4S/c25-15-5-1-12(2-6-15)11-29-21-14-4-3-13(9-14)19(21)22(30)20(24(29)31)23-27-17-8-7-16(26)10-18(17)34(32,33)28-23/h1-2,5-8,10,13-14,19,21,30H,3-4,9,11H2,(H,27,28)/t13-,14+,19?,21?/m1/s1. The third kappa shape index (κ3) is 3.36. The van der Waals surface area contributed by atoms with Crippen LogP contribution in [0.3, 0.4) is 0 Å². The summed E-state index contributed by atoms with van der Waals surface area (Å²) in [5.74, 6) is -0.818. The maximum Gasteiger partial charge on any atom is 0.286 e. The Hall–Kier alpha value is -2.47. The van der Waals surface area contributed by atoms with Gasteiger partial charge in [0.2, 0.25) is 0 Å². The summed E-state index contributed by atoms with van der Waals surface area (Å²) in [4.78, 5) is 15.6. The van der Waals surface area contributed by atoms with Gasteiger partial charge in [-0.3, -0.25) is 4.79 Å². The fraction of sp³-hybridized carbons (Fsp3) is 0.333. The molecule has 4 aliphatic rings. The minimum absolute atomic E-state index is 0.0347. The summed E-state index contributed by atoms with van der Waals surface area (Å²) in [6, 6.07) is 10.7. The Morgan fingerprint density at radius 2 is 1.88 bits per heavy atom. The molecule has 2 aliphatic heterocycles. The highest BCUT2D eigenvalue weighted by atomic mass is 127. The van der Waals surface area contributed by atoms with Crippen molar-refractivity contribution in [1.82, 2.24) is 4.90 Å². The zero-order valence-electron chi connectivity index (χ0n) is 17.9. The summed E-state index contributed by atoms with van der Waals surface area (Å²) in [6.45, 7) is 0.245. The Kier molecular flexibility index (Phi) is 5.03. The quantitative estimate of drug-likeness (QED) is 0.520. The van der Waals surface area contributed by atoms with Gasteiger partial charge in [0.15, 0.2) is 5.84 Å². The molecule has 0 aromatic heterocycles. The molecule has 2 bridgehead atoms. The first-order chi connectivity index (χ1) is 16.2. The number of fused-ring (bicyclic) bond motifs is 6. The van der Waals surface area contributed by atoms with Crippen molar-refractivity contribution in [2.75, 3.05) is 5.32 Å². The van der Waals surface area contributed by atoms with Gasteiger partial charge in [0.05, 0.1) is 5.69 Å². The minimum atomic E-state index is -4.06. The van der Waals surface area contributed by atoms with Crippen LogP contribution in [0.2, 0.25) is 0 Å². The maximum atomic E-state index is 13.8. The fourth-order valence-corrected chi connectivity index (χ4v) is 7.93. The molecule has 34 heavy (non-hydrogen) atoms. The minimum Gasteiger partial charge on any atom is -0.511 e. The summed E-state index contributed by atoms with van der Waals surface area (Å²) in [5.41, 5.74) is 0.991. The summed E-state index contributed by atoms with van der Waals surface area (Å²) >= 11 is 2.03. The van der Waals surface area contributed by atoms with Crippen LogP contribution in [0.15, 0.2) is 63.1 Å². The number of hydrogen-bond donors (Lipinski definition) is 2. The molecular weight excluding hydrogens is 572 g/mol. The first-order valence-electron chi connectivity index (χ1n) is 11.1. The third-order valence-corrected chi connectivity index (χ3v) is 9.46. The monoisotopic (exact) mass is 593 g/mol. The van der Waals surface area contributed by atoms with E-state index >= 15 is 0 Å². The Labute approximate surface area is 210 Å². The summed E-state index contributed by atoms with van der Waals surface area (Å²) < 4.78 is 44.0. The van der Waals surface area contributed by atoms with Crippen LogP contribution < -0.4 is 5.32 Å². The molecular formula is C24H21FIN3O4S. The van der Waals surface area contributed by atoms with E-state index in [1.165, 1.54) is 18.2 Å². The highest BCUT2D eigenvalue weighted by Crippen LogP contribution is 2.55. The number of amidine groups is 1.